The summed E-state index contributed by atoms with van der Waals surface area (Å²) in [5, 5.41) is 0. The molecule has 0 spiro atoms. The van der Waals surface area contributed by atoms with Gasteiger partial charge in [-0.3, -0.25) is 0 Å². The fourth-order valence-corrected chi connectivity index (χ4v) is 1.58. The molecule has 3 heteroatoms. The van der Waals surface area contributed by atoms with Gasteiger partial charge in [-0.1, -0.05) is 6.07 Å². The SMILES string of the molecule is COc1ccc(CCCC(C)=O)cc1OC. The fourth-order valence-electron chi connectivity index (χ4n) is 1.58. The molecule has 0 fully saturated rings. The van der Waals surface area contributed by atoms with Gasteiger partial charge in [0, 0.05) is 6.42 Å². The van der Waals surface area contributed by atoms with E-state index in [4.69, 9.17) is 9.47 Å². The minimum absolute atomic E-state index is 0.237. The molecule has 0 saturated carbocycles. The zero-order valence-corrected chi connectivity index (χ0v) is 10.1. The predicted molar refractivity (Wildman–Crippen MR) is 63.2 cm³/mol. The van der Waals surface area contributed by atoms with Gasteiger partial charge in [0.25, 0.3) is 0 Å². The number of hydrogen-bond donors (Lipinski definition) is 0. The number of carbonyl (C=O) groups is 1. The molecule has 0 atom stereocenters. The largest absolute Gasteiger partial charge is 0.493 e. The van der Waals surface area contributed by atoms with Crippen molar-refractivity contribution in [2.45, 2.75) is 26.2 Å². The van der Waals surface area contributed by atoms with E-state index in [-0.39, 0.29) is 5.78 Å². The summed E-state index contributed by atoms with van der Waals surface area (Å²) in [5.41, 5.74) is 1.17. The lowest BCUT2D eigenvalue weighted by Crippen LogP contribution is -1.95. The number of aryl methyl sites for hydroxylation is 1. The maximum absolute atomic E-state index is 10.8. The van der Waals surface area contributed by atoms with Crippen LogP contribution in [0.2, 0.25) is 0 Å². The fraction of sp³-hybridized carbons (Fsp3) is 0.462. The van der Waals surface area contributed by atoms with Gasteiger partial charge in [0.15, 0.2) is 11.5 Å². The molecule has 1 aromatic rings. The molecule has 0 bridgehead atoms. The van der Waals surface area contributed by atoms with Crippen molar-refractivity contribution in [1.82, 2.24) is 0 Å². The van der Waals surface area contributed by atoms with E-state index in [1.54, 1.807) is 21.1 Å². The first-order chi connectivity index (χ1) is 7.67. The Morgan fingerprint density at radius 1 is 1.19 bits per heavy atom. The van der Waals surface area contributed by atoms with E-state index in [1.165, 1.54) is 5.56 Å². The van der Waals surface area contributed by atoms with Crippen molar-refractivity contribution in [1.29, 1.82) is 0 Å². The van der Waals surface area contributed by atoms with Crippen molar-refractivity contribution in [3.05, 3.63) is 23.8 Å². The lowest BCUT2D eigenvalue weighted by atomic mass is 10.1. The third-order valence-corrected chi connectivity index (χ3v) is 2.44. The molecule has 0 N–H and O–H groups in total. The molecule has 0 heterocycles. The summed E-state index contributed by atoms with van der Waals surface area (Å²) in [5.74, 6) is 1.71. The van der Waals surface area contributed by atoms with Crippen LogP contribution in [-0.2, 0) is 11.2 Å². The van der Waals surface area contributed by atoms with Gasteiger partial charge >= 0.3 is 0 Å². The van der Waals surface area contributed by atoms with Crippen molar-refractivity contribution in [3.8, 4) is 11.5 Å². The zero-order chi connectivity index (χ0) is 12.0. The second-order valence-corrected chi connectivity index (χ2v) is 3.74. The highest BCUT2D eigenvalue weighted by atomic mass is 16.5. The second-order valence-electron chi connectivity index (χ2n) is 3.74. The summed E-state index contributed by atoms with van der Waals surface area (Å²) in [6, 6.07) is 5.85. The van der Waals surface area contributed by atoms with E-state index in [0.29, 0.717) is 6.42 Å². The molecule has 0 aliphatic heterocycles. The quantitative estimate of drug-likeness (QED) is 0.742. The molecular formula is C13H18O3. The van der Waals surface area contributed by atoms with E-state index >= 15 is 0 Å². The molecular weight excluding hydrogens is 204 g/mol. The Kier molecular flexibility index (Phi) is 4.83. The molecule has 0 amide bonds. The zero-order valence-electron chi connectivity index (χ0n) is 10.1. The van der Waals surface area contributed by atoms with Crippen molar-refractivity contribution in [2.75, 3.05) is 14.2 Å². The number of rotatable bonds is 6. The summed E-state index contributed by atoms with van der Waals surface area (Å²) >= 11 is 0. The van der Waals surface area contributed by atoms with E-state index < -0.39 is 0 Å². The van der Waals surface area contributed by atoms with Gasteiger partial charge in [-0.05, 0) is 37.5 Å². The third-order valence-electron chi connectivity index (χ3n) is 2.44. The van der Waals surface area contributed by atoms with Gasteiger partial charge in [0.2, 0.25) is 0 Å². The van der Waals surface area contributed by atoms with Crippen LogP contribution in [0.5, 0.6) is 11.5 Å². The Morgan fingerprint density at radius 2 is 1.88 bits per heavy atom. The molecule has 0 radical (unpaired) electrons. The summed E-state index contributed by atoms with van der Waals surface area (Å²) in [6.07, 6.45) is 2.40. The minimum Gasteiger partial charge on any atom is -0.493 e. The molecule has 0 aromatic heterocycles. The topological polar surface area (TPSA) is 35.5 Å². The predicted octanol–water partition coefficient (Wildman–Crippen LogP) is 2.62. The van der Waals surface area contributed by atoms with E-state index in [2.05, 4.69) is 0 Å². The number of methoxy groups -OCH3 is 2. The summed E-state index contributed by atoms with van der Waals surface area (Å²) in [7, 11) is 3.24. The van der Waals surface area contributed by atoms with Crippen LogP contribution in [0.25, 0.3) is 0 Å². The highest BCUT2D eigenvalue weighted by Gasteiger charge is 2.04. The Balaban J connectivity index is 2.64. The van der Waals surface area contributed by atoms with Crippen molar-refractivity contribution >= 4 is 5.78 Å². The number of benzene rings is 1. The average Bonchev–Trinajstić information content (AvgIpc) is 2.28. The first-order valence-corrected chi connectivity index (χ1v) is 5.37. The molecule has 0 aliphatic rings. The first-order valence-electron chi connectivity index (χ1n) is 5.37. The highest BCUT2D eigenvalue weighted by molar-refractivity contribution is 5.75. The minimum atomic E-state index is 0.237. The van der Waals surface area contributed by atoms with Gasteiger partial charge in [-0.25, -0.2) is 0 Å². The molecule has 16 heavy (non-hydrogen) atoms. The maximum Gasteiger partial charge on any atom is 0.160 e. The number of Topliss-reactive ketones (excluding diaryl/α,β-unsaturated/α-hetero) is 1. The normalized spacial score (nSPS) is 9.94. The van der Waals surface area contributed by atoms with Gasteiger partial charge in [0.1, 0.15) is 5.78 Å². The van der Waals surface area contributed by atoms with Crippen LogP contribution in [0.15, 0.2) is 18.2 Å². The first kappa shape index (κ1) is 12.6. The maximum atomic E-state index is 10.8. The lowest BCUT2D eigenvalue weighted by Gasteiger charge is -2.09. The van der Waals surface area contributed by atoms with Crippen LogP contribution < -0.4 is 9.47 Å². The summed E-state index contributed by atoms with van der Waals surface area (Å²) < 4.78 is 10.4. The summed E-state index contributed by atoms with van der Waals surface area (Å²) in [4.78, 5) is 10.8. The smallest absolute Gasteiger partial charge is 0.160 e. The van der Waals surface area contributed by atoms with Crippen LogP contribution in [-0.4, -0.2) is 20.0 Å². The number of carbonyl (C=O) groups excluding carboxylic acids is 1. The van der Waals surface area contributed by atoms with Crippen molar-refractivity contribution in [3.63, 3.8) is 0 Å². The van der Waals surface area contributed by atoms with Crippen LogP contribution in [0.3, 0.4) is 0 Å². The molecule has 0 aliphatic carbocycles. The average molecular weight is 222 g/mol. The van der Waals surface area contributed by atoms with Gasteiger partial charge < -0.3 is 14.3 Å². The lowest BCUT2D eigenvalue weighted by molar-refractivity contribution is -0.117. The van der Waals surface area contributed by atoms with E-state index in [9.17, 15) is 4.79 Å². The van der Waals surface area contributed by atoms with E-state index in [0.717, 1.165) is 24.3 Å². The number of ether oxygens (including phenoxy) is 2. The monoisotopic (exact) mass is 222 g/mol. The van der Waals surface area contributed by atoms with E-state index in [1.807, 2.05) is 18.2 Å². The molecule has 1 rings (SSSR count). The highest BCUT2D eigenvalue weighted by Crippen LogP contribution is 2.28. The van der Waals surface area contributed by atoms with Crippen molar-refractivity contribution in [2.24, 2.45) is 0 Å². The van der Waals surface area contributed by atoms with Crippen LogP contribution >= 0.6 is 0 Å². The molecule has 88 valence electrons. The Labute approximate surface area is 96.4 Å². The van der Waals surface area contributed by atoms with Gasteiger partial charge in [-0.2, -0.15) is 0 Å². The van der Waals surface area contributed by atoms with Gasteiger partial charge in [-0.15, -0.1) is 0 Å². The van der Waals surface area contributed by atoms with Crippen LogP contribution in [0.4, 0.5) is 0 Å². The molecule has 3 nitrogen and oxygen atoms in total. The summed E-state index contributed by atoms with van der Waals surface area (Å²) in [6.45, 7) is 1.62. The van der Waals surface area contributed by atoms with Crippen molar-refractivity contribution < 1.29 is 14.3 Å². The molecule has 0 unspecified atom stereocenters. The third kappa shape index (κ3) is 3.57. The molecule has 0 saturated heterocycles. The molecule has 1 aromatic carbocycles. The number of hydrogen-bond acceptors (Lipinski definition) is 3. The Hall–Kier alpha value is -1.51. The number of ketones is 1. The van der Waals surface area contributed by atoms with Crippen LogP contribution in [0, 0.1) is 0 Å². The Bertz CT molecular complexity index is 358. The van der Waals surface area contributed by atoms with Crippen LogP contribution in [0.1, 0.15) is 25.3 Å². The van der Waals surface area contributed by atoms with Gasteiger partial charge in [0.05, 0.1) is 14.2 Å². The Morgan fingerprint density at radius 3 is 2.44 bits per heavy atom. The second kappa shape index (κ2) is 6.16. The standard InChI is InChI=1S/C13H18O3/c1-10(14)5-4-6-11-7-8-12(15-2)13(9-11)16-3/h7-9H,4-6H2,1-3H3.